The fraction of sp³-hybridized carbons (Fsp3) is 0.706. The largest absolute Gasteiger partial charge is 0.463 e. The van der Waals surface area contributed by atoms with Gasteiger partial charge in [-0.1, -0.05) is 13.8 Å². The number of aliphatic hydroxyl groups excluding tert-OH is 1. The molecule has 0 fully saturated rings. The summed E-state index contributed by atoms with van der Waals surface area (Å²) in [6, 6.07) is 4.64. The highest BCUT2D eigenvalue weighted by molar-refractivity contribution is 7.11. The topological polar surface area (TPSA) is 49.8 Å². The smallest absolute Gasteiger partial charge is 0.305 e. The molecule has 1 heterocycles. The minimum Gasteiger partial charge on any atom is -0.463 e. The molecule has 0 saturated heterocycles. The molecule has 1 aromatic heterocycles. The van der Waals surface area contributed by atoms with Gasteiger partial charge in [0.1, 0.15) is 12.7 Å². The van der Waals surface area contributed by atoms with Gasteiger partial charge in [-0.25, -0.2) is 0 Å². The zero-order valence-corrected chi connectivity index (χ0v) is 15.0. The second kappa shape index (κ2) is 9.98. The van der Waals surface area contributed by atoms with Gasteiger partial charge in [0.05, 0.1) is 0 Å². The molecule has 0 amide bonds. The number of ether oxygens (including phenoxy) is 1. The average Bonchev–Trinajstić information content (AvgIpc) is 2.89. The van der Waals surface area contributed by atoms with Crippen LogP contribution in [0.1, 0.15) is 49.8 Å². The summed E-state index contributed by atoms with van der Waals surface area (Å²) in [5.41, 5.74) is 0. The van der Waals surface area contributed by atoms with E-state index >= 15 is 0 Å². The number of hydrogen-bond donors (Lipinski definition) is 1. The third kappa shape index (κ3) is 6.90. The van der Waals surface area contributed by atoms with Crippen LogP contribution in [0.5, 0.6) is 0 Å². The molecule has 0 spiro atoms. The van der Waals surface area contributed by atoms with Crippen LogP contribution in [0, 0.1) is 6.92 Å². The standard InChI is InChI=1S/C17H29NO3S/c1-5-7-17(20)21-12-15(19)10-18(13(3)6-2)11-16-9-8-14(4)22-16/h8-9,13,15,19H,5-7,10-12H2,1-4H3. The molecule has 0 aliphatic carbocycles. The Morgan fingerprint density at radius 2 is 2.14 bits per heavy atom. The van der Waals surface area contributed by atoms with Crippen molar-refractivity contribution in [2.75, 3.05) is 13.2 Å². The molecular formula is C17H29NO3S. The zero-order chi connectivity index (χ0) is 16.5. The molecule has 22 heavy (non-hydrogen) atoms. The normalized spacial score (nSPS) is 14.1. The molecule has 1 N–H and O–H groups in total. The number of aryl methyl sites for hydroxylation is 1. The van der Waals surface area contributed by atoms with Crippen LogP contribution in [-0.2, 0) is 16.1 Å². The number of thiophene rings is 1. The fourth-order valence-corrected chi connectivity index (χ4v) is 3.13. The van der Waals surface area contributed by atoms with Gasteiger partial charge in [0.15, 0.2) is 0 Å². The predicted octanol–water partition coefficient (Wildman–Crippen LogP) is 3.36. The van der Waals surface area contributed by atoms with Gasteiger partial charge >= 0.3 is 5.97 Å². The fourth-order valence-electron chi connectivity index (χ4n) is 2.22. The molecule has 1 rings (SSSR count). The number of aliphatic hydroxyl groups is 1. The maximum absolute atomic E-state index is 11.4. The number of rotatable bonds is 10. The van der Waals surface area contributed by atoms with Crippen LogP contribution in [0.4, 0.5) is 0 Å². The lowest BCUT2D eigenvalue weighted by Gasteiger charge is -2.29. The molecule has 0 aliphatic heterocycles. The maximum Gasteiger partial charge on any atom is 0.305 e. The first-order valence-electron chi connectivity index (χ1n) is 8.09. The van der Waals surface area contributed by atoms with Crippen LogP contribution in [0.3, 0.4) is 0 Å². The number of hydrogen-bond acceptors (Lipinski definition) is 5. The van der Waals surface area contributed by atoms with Crippen LogP contribution in [0.15, 0.2) is 12.1 Å². The number of esters is 1. The van der Waals surface area contributed by atoms with Crippen LogP contribution in [0.25, 0.3) is 0 Å². The molecule has 0 saturated carbocycles. The van der Waals surface area contributed by atoms with Crippen molar-refractivity contribution in [3.63, 3.8) is 0 Å². The van der Waals surface area contributed by atoms with E-state index in [1.54, 1.807) is 11.3 Å². The first-order valence-corrected chi connectivity index (χ1v) is 8.90. The van der Waals surface area contributed by atoms with E-state index in [-0.39, 0.29) is 12.6 Å². The molecule has 0 aromatic carbocycles. The lowest BCUT2D eigenvalue weighted by Crippen LogP contribution is -2.40. The molecule has 126 valence electrons. The Bertz CT molecular complexity index is 447. The molecule has 4 nitrogen and oxygen atoms in total. The number of carbonyl (C=O) groups is 1. The van der Waals surface area contributed by atoms with Crippen molar-refractivity contribution >= 4 is 17.3 Å². The Morgan fingerprint density at radius 1 is 1.41 bits per heavy atom. The van der Waals surface area contributed by atoms with E-state index in [0.717, 1.165) is 19.4 Å². The van der Waals surface area contributed by atoms with E-state index in [1.165, 1.54) is 9.75 Å². The Hall–Kier alpha value is -0.910. The summed E-state index contributed by atoms with van der Waals surface area (Å²) in [6.45, 7) is 9.77. The molecular weight excluding hydrogens is 298 g/mol. The van der Waals surface area contributed by atoms with Crippen molar-refractivity contribution in [3.05, 3.63) is 21.9 Å². The monoisotopic (exact) mass is 327 g/mol. The van der Waals surface area contributed by atoms with Crippen molar-refractivity contribution in [2.45, 2.75) is 65.6 Å². The second-order valence-electron chi connectivity index (χ2n) is 5.79. The van der Waals surface area contributed by atoms with Gasteiger partial charge in [-0.3, -0.25) is 9.69 Å². The summed E-state index contributed by atoms with van der Waals surface area (Å²) in [5.74, 6) is -0.231. The molecule has 2 atom stereocenters. The first kappa shape index (κ1) is 19.1. The van der Waals surface area contributed by atoms with Gasteiger partial charge in [0.2, 0.25) is 0 Å². The molecule has 5 heteroatoms. The van der Waals surface area contributed by atoms with Gasteiger partial charge in [-0.15, -0.1) is 11.3 Å². The summed E-state index contributed by atoms with van der Waals surface area (Å²) >= 11 is 1.79. The Labute approximate surface area is 138 Å². The van der Waals surface area contributed by atoms with Crippen molar-refractivity contribution in [1.82, 2.24) is 4.90 Å². The van der Waals surface area contributed by atoms with Crippen LogP contribution >= 0.6 is 11.3 Å². The quantitative estimate of drug-likeness (QED) is 0.670. The maximum atomic E-state index is 11.4. The summed E-state index contributed by atoms with van der Waals surface area (Å²) < 4.78 is 5.10. The third-order valence-corrected chi connectivity index (χ3v) is 4.69. The molecule has 0 radical (unpaired) electrons. The number of carbonyl (C=O) groups excluding carboxylic acids is 1. The molecule has 1 aromatic rings. The minimum atomic E-state index is -0.643. The molecule has 2 unspecified atom stereocenters. The van der Waals surface area contributed by atoms with Crippen molar-refractivity contribution < 1.29 is 14.6 Å². The molecule has 0 bridgehead atoms. The van der Waals surface area contributed by atoms with Gasteiger partial charge in [-0.2, -0.15) is 0 Å². The highest BCUT2D eigenvalue weighted by atomic mass is 32.1. The zero-order valence-electron chi connectivity index (χ0n) is 14.2. The number of nitrogens with zero attached hydrogens (tertiary/aromatic N) is 1. The molecule has 0 aliphatic rings. The Balaban J connectivity index is 2.51. The van der Waals surface area contributed by atoms with Gasteiger partial charge in [0, 0.05) is 35.3 Å². The van der Waals surface area contributed by atoms with Crippen molar-refractivity contribution in [3.8, 4) is 0 Å². The van der Waals surface area contributed by atoms with Gasteiger partial charge < -0.3 is 9.84 Å². The average molecular weight is 327 g/mol. The lowest BCUT2D eigenvalue weighted by atomic mass is 10.2. The Morgan fingerprint density at radius 3 is 2.68 bits per heavy atom. The van der Waals surface area contributed by atoms with E-state index in [1.807, 2.05) is 6.92 Å². The van der Waals surface area contributed by atoms with E-state index < -0.39 is 6.10 Å². The van der Waals surface area contributed by atoms with Crippen LogP contribution in [-0.4, -0.2) is 41.3 Å². The first-order chi connectivity index (χ1) is 10.5. The highest BCUT2D eigenvalue weighted by Crippen LogP contribution is 2.19. The second-order valence-corrected chi connectivity index (χ2v) is 7.16. The van der Waals surface area contributed by atoms with E-state index in [0.29, 0.717) is 19.0 Å². The Kier molecular flexibility index (Phi) is 8.68. The predicted molar refractivity (Wildman–Crippen MR) is 91.1 cm³/mol. The van der Waals surface area contributed by atoms with Gasteiger partial charge in [-0.05, 0) is 38.8 Å². The summed E-state index contributed by atoms with van der Waals surface area (Å²) in [6.07, 6.45) is 1.56. The highest BCUT2D eigenvalue weighted by Gasteiger charge is 2.18. The summed E-state index contributed by atoms with van der Waals surface area (Å²) in [5, 5.41) is 10.1. The van der Waals surface area contributed by atoms with Crippen molar-refractivity contribution in [1.29, 1.82) is 0 Å². The van der Waals surface area contributed by atoms with E-state index in [4.69, 9.17) is 4.74 Å². The van der Waals surface area contributed by atoms with E-state index in [9.17, 15) is 9.90 Å². The third-order valence-electron chi connectivity index (χ3n) is 3.71. The van der Waals surface area contributed by atoms with Crippen LogP contribution < -0.4 is 0 Å². The summed E-state index contributed by atoms with van der Waals surface area (Å²) in [4.78, 5) is 16.2. The minimum absolute atomic E-state index is 0.0786. The van der Waals surface area contributed by atoms with Crippen molar-refractivity contribution in [2.24, 2.45) is 0 Å². The lowest BCUT2D eigenvalue weighted by molar-refractivity contribution is -0.147. The SMILES string of the molecule is CCCC(=O)OCC(O)CN(Cc1ccc(C)s1)C(C)CC. The summed E-state index contributed by atoms with van der Waals surface area (Å²) in [7, 11) is 0. The van der Waals surface area contributed by atoms with Crippen LogP contribution in [0.2, 0.25) is 0 Å². The van der Waals surface area contributed by atoms with Gasteiger partial charge in [0.25, 0.3) is 0 Å². The van der Waals surface area contributed by atoms with E-state index in [2.05, 4.69) is 37.8 Å².